The monoisotopic (exact) mass is 385 g/mol. The molecule has 140 valence electrons. The van der Waals surface area contributed by atoms with Gasteiger partial charge < -0.3 is 14.8 Å². The lowest BCUT2D eigenvalue weighted by Gasteiger charge is -2.11. The molecule has 0 spiro atoms. The Hall–Kier alpha value is -2.35. The Kier molecular flexibility index (Phi) is 7.65. The number of carbonyl (C=O) groups is 1. The van der Waals surface area contributed by atoms with E-state index >= 15 is 0 Å². The normalized spacial score (nSPS) is 10.7. The molecule has 0 atom stereocenters. The van der Waals surface area contributed by atoms with Crippen molar-refractivity contribution >= 4 is 17.7 Å². The number of rotatable bonds is 9. The lowest BCUT2D eigenvalue weighted by atomic mass is 10.2. The van der Waals surface area contributed by atoms with Crippen molar-refractivity contribution in [3.63, 3.8) is 0 Å². The van der Waals surface area contributed by atoms with Gasteiger partial charge >= 0.3 is 6.61 Å². The summed E-state index contributed by atoms with van der Waals surface area (Å²) < 4.78 is 46.9. The molecule has 0 aliphatic rings. The average Bonchev–Trinajstić information content (AvgIpc) is 2.62. The maximum absolute atomic E-state index is 12.8. The van der Waals surface area contributed by atoms with Gasteiger partial charge in [-0.1, -0.05) is 0 Å². The molecule has 1 amide bonds. The van der Waals surface area contributed by atoms with E-state index < -0.39 is 12.5 Å². The molecule has 4 nitrogen and oxygen atoms in total. The number of carbonyl (C=O) groups excluding carboxylic acids is 1. The van der Waals surface area contributed by atoms with Crippen molar-refractivity contribution in [2.75, 3.05) is 19.4 Å². The van der Waals surface area contributed by atoms with E-state index in [2.05, 4.69) is 10.1 Å². The predicted molar refractivity (Wildman–Crippen MR) is 93.7 cm³/mol. The quantitative estimate of drug-likeness (QED) is 0.515. The Morgan fingerprint density at radius 3 is 2.54 bits per heavy atom. The lowest BCUT2D eigenvalue weighted by molar-refractivity contribution is -0.0512. The van der Waals surface area contributed by atoms with Crippen LogP contribution in [0.25, 0.3) is 0 Å². The van der Waals surface area contributed by atoms with Gasteiger partial charge in [0, 0.05) is 17.0 Å². The van der Waals surface area contributed by atoms with Gasteiger partial charge in [0.15, 0.2) is 11.5 Å². The van der Waals surface area contributed by atoms with Crippen LogP contribution in [0, 0.1) is 5.82 Å². The van der Waals surface area contributed by atoms with Gasteiger partial charge in [-0.25, -0.2) is 4.39 Å². The van der Waals surface area contributed by atoms with Gasteiger partial charge in [0.25, 0.3) is 5.91 Å². The molecule has 0 unspecified atom stereocenters. The zero-order valence-corrected chi connectivity index (χ0v) is 14.8. The van der Waals surface area contributed by atoms with E-state index in [9.17, 15) is 18.0 Å². The first kappa shape index (κ1) is 20.0. The van der Waals surface area contributed by atoms with Crippen LogP contribution in [0.1, 0.15) is 16.8 Å². The Labute approximate surface area is 153 Å². The van der Waals surface area contributed by atoms with E-state index in [-0.39, 0.29) is 22.9 Å². The highest BCUT2D eigenvalue weighted by Crippen LogP contribution is 2.29. The molecule has 0 radical (unpaired) electrons. The van der Waals surface area contributed by atoms with Crippen molar-refractivity contribution < 1.29 is 27.4 Å². The Morgan fingerprint density at radius 2 is 1.88 bits per heavy atom. The highest BCUT2D eigenvalue weighted by atomic mass is 32.2. The van der Waals surface area contributed by atoms with Crippen LogP contribution >= 0.6 is 11.8 Å². The number of hydrogen-bond acceptors (Lipinski definition) is 4. The van der Waals surface area contributed by atoms with Gasteiger partial charge in [0.2, 0.25) is 0 Å². The smallest absolute Gasteiger partial charge is 0.387 e. The summed E-state index contributed by atoms with van der Waals surface area (Å²) in [5.41, 5.74) is 0.202. The van der Waals surface area contributed by atoms with Crippen LogP contribution in [-0.2, 0) is 0 Å². The molecule has 0 fully saturated rings. The largest absolute Gasteiger partial charge is 0.493 e. The fraction of sp³-hybridized carbons (Fsp3) is 0.278. The van der Waals surface area contributed by atoms with Crippen molar-refractivity contribution in [3.05, 3.63) is 53.8 Å². The summed E-state index contributed by atoms with van der Waals surface area (Å²) >= 11 is 1.55. The van der Waals surface area contributed by atoms with E-state index in [1.165, 1.54) is 37.4 Å². The molecule has 0 heterocycles. The zero-order valence-electron chi connectivity index (χ0n) is 14.0. The van der Waals surface area contributed by atoms with Crippen molar-refractivity contribution in [2.24, 2.45) is 0 Å². The summed E-state index contributed by atoms with van der Waals surface area (Å²) in [6.07, 6.45) is 0.699. The van der Waals surface area contributed by atoms with Gasteiger partial charge in [0.1, 0.15) is 5.82 Å². The minimum atomic E-state index is -3.01. The molecule has 2 aromatic rings. The first-order valence-corrected chi connectivity index (χ1v) is 8.77. The Morgan fingerprint density at radius 1 is 1.15 bits per heavy atom. The number of hydrogen-bond donors (Lipinski definition) is 1. The van der Waals surface area contributed by atoms with Crippen LogP contribution in [0.5, 0.6) is 11.5 Å². The second-order valence-corrected chi connectivity index (χ2v) is 6.32. The number of alkyl halides is 2. The van der Waals surface area contributed by atoms with Gasteiger partial charge in [-0.15, -0.1) is 11.8 Å². The summed E-state index contributed by atoms with van der Waals surface area (Å²) in [5, 5.41) is 2.72. The van der Waals surface area contributed by atoms with Crippen molar-refractivity contribution in [3.8, 4) is 11.5 Å². The molecule has 0 aliphatic heterocycles. The third-order valence-corrected chi connectivity index (χ3v) is 4.43. The maximum Gasteiger partial charge on any atom is 0.387 e. The van der Waals surface area contributed by atoms with E-state index in [1.54, 1.807) is 23.9 Å². The molecule has 0 saturated heterocycles. The van der Waals surface area contributed by atoms with E-state index in [0.717, 1.165) is 10.6 Å². The first-order chi connectivity index (χ1) is 12.5. The zero-order chi connectivity index (χ0) is 18.9. The highest BCUT2D eigenvalue weighted by molar-refractivity contribution is 7.99. The first-order valence-electron chi connectivity index (χ1n) is 7.79. The second kappa shape index (κ2) is 9.96. The SMILES string of the molecule is COc1ccc(C(=O)NCCCSc2ccc(F)cc2)cc1OC(F)F. The van der Waals surface area contributed by atoms with Gasteiger partial charge in [-0.2, -0.15) is 8.78 Å². The number of methoxy groups -OCH3 is 1. The molecule has 26 heavy (non-hydrogen) atoms. The van der Waals surface area contributed by atoms with Crippen LogP contribution in [0.4, 0.5) is 13.2 Å². The highest BCUT2D eigenvalue weighted by Gasteiger charge is 2.14. The molecule has 0 aromatic heterocycles. The minimum Gasteiger partial charge on any atom is -0.493 e. The summed E-state index contributed by atoms with van der Waals surface area (Å²) in [6, 6.07) is 10.3. The van der Waals surface area contributed by atoms with Crippen molar-refractivity contribution in [1.29, 1.82) is 0 Å². The Bertz CT molecular complexity index is 726. The summed E-state index contributed by atoms with van der Waals surface area (Å²) in [4.78, 5) is 13.1. The van der Waals surface area contributed by atoms with Crippen LogP contribution in [0.3, 0.4) is 0 Å². The average molecular weight is 385 g/mol. The number of amides is 1. The number of thioether (sulfide) groups is 1. The maximum atomic E-state index is 12.8. The summed E-state index contributed by atoms with van der Waals surface area (Å²) in [6.45, 7) is -2.59. The molecule has 1 N–H and O–H groups in total. The number of benzene rings is 2. The van der Waals surface area contributed by atoms with Gasteiger partial charge in [0.05, 0.1) is 7.11 Å². The summed E-state index contributed by atoms with van der Waals surface area (Å²) in [5.74, 6) is 0.00303. The van der Waals surface area contributed by atoms with Crippen LogP contribution in [0.15, 0.2) is 47.4 Å². The number of ether oxygens (including phenoxy) is 2. The molecular formula is C18H18F3NO3S. The third-order valence-electron chi connectivity index (χ3n) is 3.33. The topological polar surface area (TPSA) is 47.6 Å². The van der Waals surface area contributed by atoms with E-state index in [0.29, 0.717) is 13.0 Å². The van der Waals surface area contributed by atoms with E-state index in [1.807, 2.05) is 0 Å². The fourth-order valence-electron chi connectivity index (χ4n) is 2.10. The number of halogens is 3. The van der Waals surface area contributed by atoms with Crippen LogP contribution < -0.4 is 14.8 Å². The third kappa shape index (κ3) is 6.18. The molecule has 2 aromatic carbocycles. The molecule has 0 saturated carbocycles. The minimum absolute atomic E-state index is 0.123. The van der Waals surface area contributed by atoms with Crippen LogP contribution in [-0.4, -0.2) is 31.9 Å². The molecule has 2 rings (SSSR count). The molecule has 0 bridgehead atoms. The fourth-order valence-corrected chi connectivity index (χ4v) is 2.96. The lowest BCUT2D eigenvalue weighted by Crippen LogP contribution is -2.24. The number of nitrogens with one attached hydrogen (secondary N) is 1. The van der Waals surface area contributed by atoms with E-state index in [4.69, 9.17) is 4.74 Å². The molecule has 8 heteroatoms. The predicted octanol–water partition coefficient (Wildman–Crippen LogP) is 4.35. The second-order valence-electron chi connectivity index (χ2n) is 5.16. The van der Waals surface area contributed by atoms with Crippen molar-refractivity contribution in [1.82, 2.24) is 5.32 Å². The van der Waals surface area contributed by atoms with Gasteiger partial charge in [-0.05, 0) is 54.6 Å². The molecular weight excluding hydrogens is 367 g/mol. The standard InChI is InChI=1S/C18H18F3NO3S/c1-24-15-8-3-12(11-16(15)25-18(20)21)17(23)22-9-2-10-26-14-6-4-13(19)5-7-14/h3-8,11,18H,2,9-10H2,1H3,(H,22,23). The van der Waals surface area contributed by atoms with Gasteiger partial charge in [-0.3, -0.25) is 4.79 Å². The Balaban J connectivity index is 1.80. The summed E-state index contributed by atoms with van der Waals surface area (Å²) in [7, 11) is 1.33. The molecule has 0 aliphatic carbocycles. The van der Waals surface area contributed by atoms with Crippen molar-refractivity contribution in [2.45, 2.75) is 17.9 Å². The van der Waals surface area contributed by atoms with Crippen LogP contribution in [0.2, 0.25) is 0 Å².